The van der Waals surface area contributed by atoms with E-state index in [-0.39, 0.29) is 0 Å². The first-order chi connectivity index (χ1) is 8.93. The summed E-state index contributed by atoms with van der Waals surface area (Å²) in [4.78, 5) is 2.56. The van der Waals surface area contributed by atoms with Crippen molar-refractivity contribution in [2.75, 3.05) is 23.7 Å². The first-order valence-corrected chi connectivity index (χ1v) is 8.36. The molecule has 1 aromatic rings. The van der Waals surface area contributed by atoms with Gasteiger partial charge in [-0.25, -0.2) is 8.42 Å². The molecule has 1 aliphatic rings. The van der Waals surface area contributed by atoms with Crippen molar-refractivity contribution in [2.24, 2.45) is 0 Å². The van der Waals surface area contributed by atoms with E-state index in [1.165, 1.54) is 6.42 Å². The van der Waals surface area contributed by atoms with Gasteiger partial charge in [-0.1, -0.05) is 0 Å². The zero-order chi connectivity index (χ0) is 14.0. The van der Waals surface area contributed by atoms with Gasteiger partial charge in [-0.3, -0.25) is 0 Å². The first-order valence-electron chi connectivity index (χ1n) is 6.81. The largest absolute Gasteiger partial charge is 0.399 e. The number of hydrogen-bond donors (Lipinski definition) is 1. The third-order valence-electron chi connectivity index (χ3n) is 3.61. The van der Waals surface area contributed by atoms with Crippen molar-refractivity contribution in [3.05, 3.63) is 18.2 Å². The number of nitrogens with zero attached hydrogens (tertiary/aromatic N) is 1. The molecule has 1 aromatic carbocycles. The van der Waals surface area contributed by atoms with Gasteiger partial charge < -0.3 is 10.6 Å². The predicted octanol–water partition coefficient (Wildman–Crippen LogP) is 2.44. The van der Waals surface area contributed by atoms with Gasteiger partial charge in [-0.15, -0.1) is 0 Å². The van der Waals surface area contributed by atoms with Gasteiger partial charge in [0.05, 0.1) is 15.8 Å². The molecule has 106 valence electrons. The molecular formula is C14H22N2O2S. The molecule has 2 N–H and O–H groups in total. The van der Waals surface area contributed by atoms with Crippen LogP contribution in [0, 0.1) is 0 Å². The van der Waals surface area contributed by atoms with E-state index in [9.17, 15) is 8.42 Å². The number of nitrogen functional groups attached to an aromatic ring is 1. The molecule has 0 spiro atoms. The van der Waals surface area contributed by atoms with Crippen molar-refractivity contribution >= 4 is 21.2 Å². The monoisotopic (exact) mass is 282 g/mol. The minimum atomic E-state index is -3.27. The maximum atomic E-state index is 12.4. The number of nitrogens with two attached hydrogens (primary N) is 1. The highest BCUT2D eigenvalue weighted by Gasteiger charge is 2.25. The third-order valence-corrected chi connectivity index (χ3v) is 5.81. The fourth-order valence-electron chi connectivity index (χ4n) is 2.41. The van der Waals surface area contributed by atoms with Crippen molar-refractivity contribution in [2.45, 2.75) is 43.3 Å². The normalized spacial score (nSPS) is 16.9. The molecule has 0 aromatic heterocycles. The van der Waals surface area contributed by atoms with Crippen molar-refractivity contribution in [3.8, 4) is 0 Å². The van der Waals surface area contributed by atoms with Gasteiger partial charge in [-0.2, -0.15) is 0 Å². The summed E-state index contributed by atoms with van der Waals surface area (Å²) in [6.07, 6.45) is 3.43. The summed E-state index contributed by atoms with van der Waals surface area (Å²) in [5.41, 5.74) is 7.22. The minimum absolute atomic E-state index is 0.415. The van der Waals surface area contributed by atoms with E-state index in [2.05, 4.69) is 4.90 Å². The van der Waals surface area contributed by atoms with Gasteiger partial charge in [0.15, 0.2) is 9.84 Å². The van der Waals surface area contributed by atoms with E-state index in [1.54, 1.807) is 32.0 Å². The van der Waals surface area contributed by atoms with Crippen LogP contribution < -0.4 is 10.6 Å². The second-order valence-electron chi connectivity index (χ2n) is 5.37. The fourth-order valence-corrected chi connectivity index (χ4v) is 3.66. The molecule has 0 saturated carbocycles. The summed E-state index contributed by atoms with van der Waals surface area (Å²) < 4.78 is 24.9. The molecule has 5 heteroatoms. The van der Waals surface area contributed by atoms with Crippen LogP contribution in [-0.4, -0.2) is 26.8 Å². The SMILES string of the molecule is CC(C)S(=O)(=O)c1ccc(N)cc1N1CCCCC1. The standard InChI is InChI=1S/C14H22N2O2S/c1-11(2)19(17,18)14-7-6-12(15)10-13(14)16-8-4-3-5-9-16/h6-7,10-11H,3-5,8-9,15H2,1-2H3. The quantitative estimate of drug-likeness (QED) is 0.865. The Morgan fingerprint density at radius 1 is 1.16 bits per heavy atom. The summed E-state index contributed by atoms with van der Waals surface area (Å²) in [6, 6.07) is 5.11. The number of piperidine rings is 1. The van der Waals surface area contributed by atoms with E-state index in [0.717, 1.165) is 31.6 Å². The smallest absolute Gasteiger partial charge is 0.182 e. The van der Waals surface area contributed by atoms with Crippen LogP contribution in [0.25, 0.3) is 0 Å². The molecule has 4 nitrogen and oxygen atoms in total. The highest BCUT2D eigenvalue weighted by molar-refractivity contribution is 7.92. The van der Waals surface area contributed by atoms with Crippen molar-refractivity contribution in [3.63, 3.8) is 0 Å². The lowest BCUT2D eigenvalue weighted by molar-refractivity contribution is 0.569. The Morgan fingerprint density at radius 3 is 2.37 bits per heavy atom. The van der Waals surface area contributed by atoms with E-state index in [4.69, 9.17) is 5.73 Å². The first kappa shape index (κ1) is 14.2. The predicted molar refractivity (Wildman–Crippen MR) is 79.2 cm³/mol. The molecule has 0 unspecified atom stereocenters. The van der Waals surface area contributed by atoms with Gasteiger partial charge in [0, 0.05) is 18.8 Å². The molecule has 0 aliphatic carbocycles. The lowest BCUT2D eigenvalue weighted by Crippen LogP contribution is -2.31. The lowest BCUT2D eigenvalue weighted by atomic mass is 10.1. The van der Waals surface area contributed by atoms with Crippen molar-refractivity contribution in [1.29, 1.82) is 0 Å². The van der Waals surface area contributed by atoms with Crippen molar-refractivity contribution < 1.29 is 8.42 Å². The molecule has 1 heterocycles. The Labute approximate surface area is 115 Å². The summed E-state index contributed by atoms with van der Waals surface area (Å²) in [6.45, 7) is 5.24. The number of hydrogen-bond acceptors (Lipinski definition) is 4. The van der Waals surface area contributed by atoms with Crippen LogP contribution in [0.15, 0.2) is 23.1 Å². The number of benzene rings is 1. The average Bonchev–Trinajstić information content (AvgIpc) is 2.39. The summed E-state index contributed by atoms with van der Waals surface area (Å²) >= 11 is 0. The van der Waals surface area contributed by atoms with Crippen molar-refractivity contribution in [1.82, 2.24) is 0 Å². The second-order valence-corrected chi connectivity index (χ2v) is 7.84. The number of sulfone groups is 1. The Hall–Kier alpha value is -1.23. The minimum Gasteiger partial charge on any atom is -0.399 e. The van der Waals surface area contributed by atoms with Crippen LogP contribution in [0.3, 0.4) is 0 Å². The van der Waals surface area contributed by atoms with E-state index >= 15 is 0 Å². The van der Waals surface area contributed by atoms with Gasteiger partial charge in [0.25, 0.3) is 0 Å². The molecule has 0 bridgehead atoms. The van der Waals surface area contributed by atoms with Crippen LogP contribution in [0.5, 0.6) is 0 Å². The number of anilines is 2. The molecule has 19 heavy (non-hydrogen) atoms. The fraction of sp³-hybridized carbons (Fsp3) is 0.571. The molecule has 0 atom stereocenters. The highest BCUT2D eigenvalue weighted by atomic mass is 32.2. The van der Waals surface area contributed by atoms with Crippen LogP contribution in [0.4, 0.5) is 11.4 Å². The number of rotatable bonds is 3. The Balaban J connectivity index is 2.49. The van der Waals surface area contributed by atoms with Gasteiger partial charge in [0.1, 0.15) is 0 Å². The zero-order valence-corrected chi connectivity index (χ0v) is 12.4. The van der Waals surface area contributed by atoms with Crippen LogP contribution >= 0.6 is 0 Å². The van der Waals surface area contributed by atoms with Crippen LogP contribution in [-0.2, 0) is 9.84 Å². The molecule has 1 fully saturated rings. The maximum Gasteiger partial charge on any atom is 0.182 e. The average molecular weight is 282 g/mol. The molecular weight excluding hydrogens is 260 g/mol. The maximum absolute atomic E-state index is 12.4. The summed E-state index contributed by atoms with van der Waals surface area (Å²) in [5.74, 6) is 0. The summed E-state index contributed by atoms with van der Waals surface area (Å²) in [7, 11) is -3.27. The van der Waals surface area contributed by atoms with Crippen LogP contribution in [0.1, 0.15) is 33.1 Å². The lowest BCUT2D eigenvalue weighted by Gasteiger charge is -2.31. The second kappa shape index (κ2) is 5.41. The van der Waals surface area contributed by atoms with Crippen LogP contribution in [0.2, 0.25) is 0 Å². The zero-order valence-electron chi connectivity index (χ0n) is 11.6. The topological polar surface area (TPSA) is 63.4 Å². The molecule has 0 radical (unpaired) electrons. The molecule has 0 amide bonds. The van der Waals surface area contributed by atoms with E-state index < -0.39 is 15.1 Å². The Bertz CT molecular complexity index is 547. The van der Waals surface area contributed by atoms with Gasteiger partial charge >= 0.3 is 0 Å². The molecule has 1 saturated heterocycles. The van der Waals surface area contributed by atoms with E-state index in [1.807, 2.05) is 0 Å². The molecule has 2 rings (SSSR count). The third kappa shape index (κ3) is 2.86. The Kier molecular flexibility index (Phi) is 4.04. The van der Waals surface area contributed by atoms with E-state index in [0.29, 0.717) is 10.6 Å². The molecule has 1 aliphatic heterocycles. The highest BCUT2D eigenvalue weighted by Crippen LogP contribution is 2.32. The Morgan fingerprint density at radius 2 is 1.79 bits per heavy atom. The van der Waals surface area contributed by atoms with Gasteiger partial charge in [0.2, 0.25) is 0 Å². The summed E-state index contributed by atoms with van der Waals surface area (Å²) in [5, 5.41) is -0.417. The van der Waals surface area contributed by atoms with Gasteiger partial charge in [-0.05, 0) is 51.3 Å².